The minimum absolute atomic E-state index is 0.266. The summed E-state index contributed by atoms with van der Waals surface area (Å²) >= 11 is 3.24. The van der Waals surface area contributed by atoms with Crippen molar-refractivity contribution in [1.29, 1.82) is 0 Å². The molecule has 1 aromatic carbocycles. The molecule has 1 fully saturated rings. The van der Waals surface area contributed by atoms with E-state index >= 15 is 0 Å². The zero-order chi connectivity index (χ0) is 13.1. The quantitative estimate of drug-likeness (QED) is 0.846. The van der Waals surface area contributed by atoms with Crippen LogP contribution in [0.5, 0.6) is 0 Å². The van der Waals surface area contributed by atoms with Crippen molar-refractivity contribution >= 4 is 15.9 Å². The molecule has 3 atom stereocenters. The van der Waals surface area contributed by atoms with Gasteiger partial charge in [-0.1, -0.05) is 38.3 Å². The van der Waals surface area contributed by atoms with Crippen LogP contribution in [0.3, 0.4) is 0 Å². The van der Waals surface area contributed by atoms with Gasteiger partial charge in [0.2, 0.25) is 0 Å². The van der Waals surface area contributed by atoms with Crippen LogP contribution in [-0.2, 0) is 0 Å². The van der Waals surface area contributed by atoms with Crippen LogP contribution < -0.4 is 0 Å². The Bertz CT molecular complexity index is 407. The molecule has 3 unspecified atom stereocenters. The molecule has 18 heavy (non-hydrogen) atoms. The van der Waals surface area contributed by atoms with Gasteiger partial charge < -0.3 is 5.11 Å². The van der Waals surface area contributed by atoms with Gasteiger partial charge in [-0.25, -0.2) is 4.39 Å². The SMILES string of the molecule is CCC1CCCC(C(O)c2cccc(F)c2Br)C1. The molecule has 0 spiro atoms. The Morgan fingerprint density at radius 1 is 1.44 bits per heavy atom. The number of hydrogen-bond donors (Lipinski definition) is 1. The summed E-state index contributed by atoms with van der Waals surface area (Å²) in [6.45, 7) is 2.21. The smallest absolute Gasteiger partial charge is 0.137 e. The van der Waals surface area contributed by atoms with Crippen LogP contribution in [0.25, 0.3) is 0 Å². The molecule has 1 N–H and O–H groups in total. The van der Waals surface area contributed by atoms with Crippen molar-refractivity contribution in [3.05, 3.63) is 34.1 Å². The molecule has 2 rings (SSSR count). The third kappa shape index (κ3) is 2.94. The maximum absolute atomic E-state index is 13.5. The number of aliphatic hydroxyl groups is 1. The summed E-state index contributed by atoms with van der Waals surface area (Å²) in [5, 5.41) is 10.5. The molecule has 100 valence electrons. The van der Waals surface area contributed by atoms with Gasteiger partial charge in [0.1, 0.15) is 5.82 Å². The molecule has 1 aliphatic carbocycles. The highest BCUT2D eigenvalue weighted by Gasteiger charge is 2.28. The molecule has 0 radical (unpaired) electrons. The van der Waals surface area contributed by atoms with E-state index in [1.54, 1.807) is 6.07 Å². The summed E-state index contributed by atoms with van der Waals surface area (Å²) in [7, 11) is 0. The molecule has 1 aromatic rings. The first-order chi connectivity index (χ1) is 8.63. The fraction of sp³-hybridized carbons (Fsp3) is 0.600. The van der Waals surface area contributed by atoms with Crippen molar-refractivity contribution < 1.29 is 9.50 Å². The fourth-order valence-electron chi connectivity index (χ4n) is 2.99. The summed E-state index contributed by atoms with van der Waals surface area (Å²) in [4.78, 5) is 0. The van der Waals surface area contributed by atoms with Gasteiger partial charge in [-0.05, 0) is 52.2 Å². The van der Waals surface area contributed by atoms with Gasteiger partial charge in [0.25, 0.3) is 0 Å². The van der Waals surface area contributed by atoms with Crippen LogP contribution in [0.2, 0.25) is 0 Å². The average Bonchev–Trinajstić information content (AvgIpc) is 2.41. The van der Waals surface area contributed by atoms with E-state index in [-0.39, 0.29) is 11.7 Å². The van der Waals surface area contributed by atoms with Crippen molar-refractivity contribution in [3.63, 3.8) is 0 Å². The van der Waals surface area contributed by atoms with E-state index in [1.165, 1.54) is 25.3 Å². The second-order valence-corrected chi connectivity index (χ2v) is 6.08. The van der Waals surface area contributed by atoms with E-state index in [9.17, 15) is 9.50 Å². The molecule has 0 amide bonds. The van der Waals surface area contributed by atoms with Crippen LogP contribution in [0, 0.1) is 17.7 Å². The standard InChI is InChI=1S/C15H20BrFO/c1-2-10-5-3-6-11(9-10)15(18)12-7-4-8-13(17)14(12)16/h4,7-8,10-11,15,18H,2-3,5-6,9H2,1H3. The van der Waals surface area contributed by atoms with Crippen molar-refractivity contribution in [2.75, 3.05) is 0 Å². The number of benzene rings is 1. The lowest BCUT2D eigenvalue weighted by Gasteiger charge is -2.32. The van der Waals surface area contributed by atoms with Gasteiger partial charge in [-0.3, -0.25) is 0 Å². The summed E-state index contributed by atoms with van der Waals surface area (Å²) in [6, 6.07) is 4.89. The Labute approximate surface area is 117 Å². The Kier molecular flexibility index (Phi) is 4.79. The van der Waals surface area contributed by atoms with Crippen molar-refractivity contribution in [3.8, 4) is 0 Å². The molecule has 0 heterocycles. The van der Waals surface area contributed by atoms with Gasteiger partial charge in [-0.15, -0.1) is 0 Å². The molecular weight excluding hydrogens is 295 g/mol. The first-order valence-corrected chi connectivity index (χ1v) is 7.54. The maximum atomic E-state index is 13.5. The molecule has 0 saturated heterocycles. The Morgan fingerprint density at radius 2 is 2.22 bits per heavy atom. The van der Waals surface area contributed by atoms with E-state index in [0.717, 1.165) is 12.8 Å². The summed E-state index contributed by atoms with van der Waals surface area (Å²) in [5.74, 6) is 0.682. The zero-order valence-corrected chi connectivity index (χ0v) is 12.3. The third-order valence-electron chi connectivity index (χ3n) is 4.15. The number of aliphatic hydroxyl groups excluding tert-OH is 1. The average molecular weight is 315 g/mol. The van der Waals surface area contributed by atoms with E-state index < -0.39 is 6.10 Å². The normalized spacial score (nSPS) is 26.0. The van der Waals surface area contributed by atoms with Crippen LogP contribution in [0.1, 0.15) is 50.7 Å². The van der Waals surface area contributed by atoms with Crippen molar-refractivity contribution in [2.24, 2.45) is 11.8 Å². The third-order valence-corrected chi connectivity index (χ3v) is 4.98. The Hall–Kier alpha value is -0.410. The highest BCUT2D eigenvalue weighted by molar-refractivity contribution is 9.10. The molecule has 0 aliphatic heterocycles. The zero-order valence-electron chi connectivity index (χ0n) is 10.7. The largest absolute Gasteiger partial charge is 0.388 e. The summed E-state index contributed by atoms with van der Waals surface area (Å²) in [5.41, 5.74) is 0.691. The molecule has 0 aromatic heterocycles. The molecule has 1 nitrogen and oxygen atoms in total. The predicted octanol–water partition coefficient (Wildman–Crippen LogP) is 4.84. The second kappa shape index (κ2) is 6.16. The molecular formula is C15H20BrFO. The lowest BCUT2D eigenvalue weighted by molar-refractivity contribution is 0.0670. The maximum Gasteiger partial charge on any atom is 0.137 e. The second-order valence-electron chi connectivity index (χ2n) is 5.29. The first kappa shape index (κ1) is 14.0. The Morgan fingerprint density at radius 3 is 2.94 bits per heavy atom. The van der Waals surface area contributed by atoms with Gasteiger partial charge in [-0.2, -0.15) is 0 Å². The van der Waals surface area contributed by atoms with E-state index in [4.69, 9.17) is 0 Å². The number of rotatable bonds is 3. The van der Waals surface area contributed by atoms with Gasteiger partial charge >= 0.3 is 0 Å². The lowest BCUT2D eigenvalue weighted by Crippen LogP contribution is -2.21. The Balaban J connectivity index is 2.15. The molecule has 3 heteroatoms. The van der Waals surface area contributed by atoms with Crippen molar-refractivity contribution in [2.45, 2.75) is 45.1 Å². The lowest BCUT2D eigenvalue weighted by atomic mass is 9.76. The van der Waals surface area contributed by atoms with Crippen LogP contribution in [0.15, 0.2) is 22.7 Å². The molecule has 1 aliphatic rings. The van der Waals surface area contributed by atoms with Gasteiger partial charge in [0.15, 0.2) is 0 Å². The van der Waals surface area contributed by atoms with Gasteiger partial charge in [0, 0.05) is 0 Å². The monoisotopic (exact) mass is 314 g/mol. The minimum Gasteiger partial charge on any atom is -0.388 e. The summed E-state index contributed by atoms with van der Waals surface area (Å²) < 4.78 is 13.9. The van der Waals surface area contributed by atoms with E-state index in [1.807, 2.05) is 6.07 Å². The first-order valence-electron chi connectivity index (χ1n) is 6.75. The molecule has 0 bridgehead atoms. The van der Waals surface area contributed by atoms with E-state index in [2.05, 4.69) is 22.9 Å². The number of halogens is 2. The summed E-state index contributed by atoms with van der Waals surface area (Å²) in [6.07, 6.45) is 5.16. The number of hydrogen-bond acceptors (Lipinski definition) is 1. The topological polar surface area (TPSA) is 20.2 Å². The fourth-order valence-corrected chi connectivity index (χ4v) is 3.49. The van der Waals surface area contributed by atoms with Gasteiger partial charge in [0.05, 0.1) is 10.6 Å². The van der Waals surface area contributed by atoms with Crippen LogP contribution in [-0.4, -0.2) is 5.11 Å². The van der Waals surface area contributed by atoms with Crippen LogP contribution >= 0.6 is 15.9 Å². The van der Waals surface area contributed by atoms with Crippen molar-refractivity contribution in [1.82, 2.24) is 0 Å². The highest BCUT2D eigenvalue weighted by atomic mass is 79.9. The van der Waals surface area contributed by atoms with E-state index in [0.29, 0.717) is 16.0 Å². The van der Waals surface area contributed by atoms with Crippen LogP contribution in [0.4, 0.5) is 4.39 Å². The molecule has 1 saturated carbocycles. The highest BCUT2D eigenvalue weighted by Crippen LogP contribution is 2.40. The minimum atomic E-state index is -0.551. The predicted molar refractivity (Wildman–Crippen MR) is 74.8 cm³/mol.